The number of hydrogen-bond acceptors (Lipinski definition) is 0. The van der Waals surface area contributed by atoms with E-state index in [0.717, 1.165) is 24.0 Å². The van der Waals surface area contributed by atoms with E-state index in [-0.39, 0.29) is 11.1 Å². The van der Waals surface area contributed by atoms with Crippen LogP contribution in [0.1, 0.15) is 29.2 Å². The van der Waals surface area contributed by atoms with Crippen molar-refractivity contribution in [2.24, 2.45) is 11.3 Å². The molecule has 1 aromatic rings. The topological polar surface area (TPSA) is 0 Å². The van der Waals surface area contributed by atoms with Crippen molar-refractivity contribution in [2.75, 3.05) is 0 Å². The summed E-state index contributed by atoms with van der Waals surface area (Å²) in [5.41, 5.74) is -1.40. The minimum Gasteiger partial charge on any atom is -0.170 e. The molecule has 0 bridgehead atoms. The molecule has 0 N–H and O–H groups in total. The zero-order valence-electron chi connectivity index (χ0n) is 11.3. The summed E-state index contributed by atoms with van der Waals surface area (Å²) in [6.45, 7) is 2.03. The minimum atomic E-state index is -5.29. The van der Waals surface area contributed by atoms with Crippen LogP contribution in [-0.4, -0.2) is 12.4 Å². The Hall–Kier alpha value is -1.20. The van der Waals surface area contributed by atoms with Gasteiger partial charge in [-0.25, -0.2) is 0 Å². The smallest absolute Gasteiger partial charge is 0.170 e. The molecule has 0 fully saturated rings. The third-order valence-electron chi connectivity index (χ3n) is 4.73. The van der Waals surface area contributed by atoms with Crippen molar-refractivity contribution >= 4 is 0 Å². The first-order chi connectivity index (χ1) is 9.53. The molecule has 6 heteroatoms. The van der Waals surface area contributed by atoms with Gasteiger partial charge in [0.1, 0.15) is 0 Å². The zero-order chi connectivity index (χ0) is 15.6. The number of fused-ring (bicyclic) bond motifs is 2. The molecule has 0 nitrogen and oxygen atoms in total. The van der Waals surface area contributed by atoms with Gasteiger partial charge in [0, 0.05) is 0 Å². The van der Waals surface area contributed by atoms with E-state index in [0.29, 0.717) is 5.92 Å². The maximum Gasteiger partial charge on any atom is 0.403 e. The van der Waals surface area contributed by atoms with Crippen molar-refractivity contribution in [3.63, 3.8) is 0 Å². The maximum absolute atomic E-state index is 13.1. The fourth-order valence-corrected chi connectivity index (χ4v) is 3.60. The van der Waals surface area contributed by atoms with Gasteiger partial charge in [-0.15, -0.1) is 0 Å². The molecule has 0 aromatic heterocycles. The van der Waals surface area contributed by atoms with E-state index in [1.807, 2.05) is 6.92 Å². The molecule has 116 valence electrons. The van der Waals surface area contributed by atoms with Crippen molar-refractivity contribution in [3.05, 3.63) is 34.4 Å². The van der Waals surface area contributed by atoms with E-state index in [1.54, 1.807) is 12.1 Å². The number of alkyl halides is 6. The third kappa shape index (κ3) is 2.06. The Morgan fingerprint density at radius 3 is 1.52 bits per heavy atom. The predicted octanol–water partition coefficient (Wildman–Crippen LogP) is 4.63. The van der Waals surface area contributed by atoms with E-state index in [1.165, 1.54) is 0 Å². The molecule has 21 heavy (non-hydrogen) atoms. The molecule has 3 rings (SSSR count). The van der Waals surface area contributed by atoms with Crippen LogP contribution in [0.15, 0.2) is 12.1 Å². The highest BCUT2D eigenvalue weighted by molar-refractivity contribution is 5.45. The Kier molecular flexibility index (Phi) is 2.92. The fraction of sp³-hybridized carbons (Fsp3) is 0.600. The van der Waals surface area contributed by atoms with Crippen molar-refractivity contribution < 1.29 is 26.3 Å². The molecule has 0 heterocycles. The van der Waals surface area contributed by atoms with Crippen molar-refractivity contribution in [1.82, 2.24) is 0 Å². The zero-order valence-corrected chi connectivity index (χ0v) is 11.3. The largest absolute Gasteiger partial charge is 0.403 e. The second-order valence-electron chi connectivity index (χ2n) is 6.33. The van der Waals surface area contributed by atoms with Gasteiger partial charge >= 0.3 is 12.4 Å². The molecular weight excluding hydrogens is 294 g/mol. The fourth-order valence-electron chi connectivity index (χ4n) is 3.60. The highest BCUT2D eigenvalue weighted by Gasteiger charge is 2.71. The van der Waals surface area contributed by atoms with Gasteiger partial charge in [-0.2, -0.15) is 26.3 Å². The maximum atomic E-state index is 13.1. The summed E-state index contributed by atoms with van der Waals surface area (Å²) < 4.78 is 78.7. The first-order valence-corrected chi connectivity index (χ1v) is 6.80. The first kappa shape index (κ1) is 14.7. The van der Waals surface area contributed by atoms with Crippen LogP contribution in [-0.2, 0) is 25.7 Å². The minimum absolute atomic E-state index is 0.206. The summed E-state index contributed by atoms with van der Waals surface area (Å²) in [7, 11) is 0. The van der Waals surface area contributed by atoms with Crippen molar-refractivity contribution in [3.8, 4) is 0 Å². The lowest BCUT2D eigenvalue weighted by Gasteiger charge is -2.33. The highest BCUT2D eigenvalue weighted by atomic mass is 19.4. The molecule has 0 saturated heterocycles. The lowest BCUT2D eigenvalue weighted by atomic mass is 9.83. The van der Waals surface area contributed by atoms with Crippen LogP contribution in [0.2, 0.25) is 0 Å². The van der Waals surface area contributed by atoms with Gasteiger partial charge in [-0.05, 0) is 53.9 Å². The van der Waals surface area contributed by atoms with Crippen LogP contribution in [0.4, 0.5) is 26.3 Å². The van der Waals surface area contributed by atoms with Gasteiger partial charge in [0.05, 0.1) is 0 Å². The van der Waals surface area contributed by atoms with Gasteiger partial charge in [0.15, 0.2) is 5.41 Å². The number of halogens is 6. The Labute approximate surface area is 118 Å². The molecule has 0 aliphatic heterocycles. The molecule has 0 amide bonds. The molecule has 2 aliphatic carbocycles. The molecule has 0 radical (unpaired) electrons. The Morgan fingerprint density at radius 1 is 0.810 bits per heavy atom. The Balaban J connectivity index is 2.05. The molecule has 1 aromatic carbocycles. The first-order valence-electron chi connectivity index (χ1n) is 6.80. The third-order valence-corrected chi connectivity index (χ3v) is 4.73. The average Bonchev–Trinajstić information content (AvgIpc) is 2.82. The van der Waals surface area contributed by atoms with Crippen LogP contribution in [0.25, 0.3) is 0 Å². The van der Waals surface area contributed by atoms with Gasteiger partial charge in [0.25, 0.3) is 0 Å². The van der Waals surface area contributed by atoms with E-state index < -0.39 is 30.6 Å². The summed E-state index contributed by atoms with van der Waals surface area (Å²) in [6.07, 6.45) is -11.1. The Morgan fingerprint density at radius 2 is 1.19 bits per heavy atom. The van der Waals surface area contributed by atoms with E-state index >= 15 is 0 Å². The molecule has 0 saturated carbocycles. The highest BCUT2D eigenvalue weighted by Crippen LogP contribution is 2.58. The standard InChI is InChI=1S/C15H14F6/c1-8-2-9-4-11-6-13(14(16,17)18,15(19,20)21)7-12(11)5-10(9)3-8/h4-5,8H,2-3,6-7H2,1H3. The summed E-state index contributed by atoms with van der Waals surface area (Å²) in [5, 5.41) is 0. The molecule has 2 aliphatic rings. The molecular formula is C15H14F6. The van der Waals surface area contributed by atoms with E-state index in [9.17, 15) is 26.3 Å². The second-order valence-corrected chi connectivity index (χ2v) is 6.33. The average molecular weight is 308 g/mol. The summed E-state index contributed by atoms with van der Waals surface area (Å²) in [4.78, 5) is 0. The van der Waals surface area contributed by atoms with Crippen molar-refractivity contribution in [1.29, 1.82) is 0 Å². The van der Waals surface area contributed by atoms with Gasteiger partial charge in [0.2, 0.25) is 0 Å². The summed E-state index contributed by atoms with van der Waals surface area (Å²) in [5.74, 6) is 0.400. The van der Waals surface area contributed by atoms with Gasteiger partial charge < -0.3 is 0 Å². The molecule has 0 atom stereocenters. The van der Waals surface area contributed by atoms with Crippen LogP contribution in [0, 0.1) is 11.3 Å². The van der Waals surface area contributed by atoms with Gasteiger partial charge in [-0.3, -0.25) is 0 Å². The lowest BCUT2D eigenvalue weighted by Crippen LogP contribution is -2.50. The molecule has 0 spiro atoms. The van der Waals surface area contributed by atoms with E-state index in [4.69, 9.17) is 0 Å². The SMILES string of the molecule is CC1Cc2cc3c(cc2C1)CC(C(F)(F)F)(C(F)(F)F)C3. The predicted molar refractivity (Wildman–Crippen MR) is 65.0 cm³/mol. The lowest BCUT2D eigenvalue weighted by molar-refractivity contribution is -0.337. The number of rotatable bonds is 0. The van der Waals surface area contributed by atoms with E-state index in [2.05, 4.69) is 0 Å². The van der Waals surface area contributed by atoms with Crippen LogP contribution < -0.4 is 0 Å². The number of hydrogen-bond donors (Lipinski definition) is 0. The van der Waals surface area contributed by atoms with Crippen molar-refractivity contribution in [2.45, 2.75) is 45.0 Å². The normalized spacial score (nSPS) is 21.5. The van der Waals surface area contributed by atoms with Crippen LogP contribution >= 0.6 is 0 Å². The second kappa shape index (κ2) is 4.17. The van der Waals surface area contributed by atoms with Gasteiger partial charge in [-0.1, -0.05) is 19.1 Å². The molecule has 0 unspecified atom stereocenters. The van der Waals surface area contributed by atoms with Crippen LogP contribution in [0.3, 0.4) is 0 Å². The summed E-state index contributed by atoms with van der Waals surface area (Å²) in [6, 6.07) is 3.13. The summed E-state index contributed by atoms with van der Waals surface area (Å²) >= 11 is 0. The Bertz CT molecular complexity index is 530. The van der Waals surface area contributed by atoms with Crippen LogP contribution in [0.5, 0.6) is 0 Å². The number of benzene rings is 1. The quantitative estimate of drug-likeness (QED) is 0.613. The monoisotopic (exact) mass is 308 g/mol.